The van der Waals surface area contributed by atoms with Gasteiger partial charge in [-0.25, -0.2) is 0 Å². The molecule has 0 aliphatic carbocycles. The van der Waals surface area contributed by atoms with Gasteiger partial charge in [0.1, 0.15) is 17.5 Å². The van der Waals surface area contributed by atoms with E-state index in [-0.39, 0.29) is 24.1 Å². The van der Waals surface area contributed by atoms with Crippen LogP contribution in [-0.4, -0.2) is 41.5 Å². The zero-order valence-corrected chi connectivity index (χ0v) is 14.7. The summed E-state index contributed by atoms with van der Waals surface area (Å²) in [7, 11) is 1.54. The highest BCUT2D eigenvalue weighted by molar-refractivity contribution is 7.12. The van der Waals surface area contributed by atoms with E-state index in [1.807, 2.05) is 11.4 Å². The Hall–Kier alpha value is -2.54. The second-order valence-electron chi connectivity index (χ2n) is 5.85. The SMILES string of the molecule is COc1ccc(O)c(CNC(=O)[C@@H]2CCCN2C(=O)c2cccs2)c1. The first-order valence-electron chi connectivity index (χ1n) is 8.08. The van der Waals surface area contributed by atoms with E-state index >= 15 is 0 Å². The van der Waals surface area contributed by atoms with Crippen LogP contribution in [0.2, 0.25) is 0 Å². The molecule has 6 nitrogen and oxygen atoms in total. The Labute approximate surface area is 150 Å². The Balaban J connectivity index is 1.65. The van der Waals surface area contributed by atoms with E-state index in [2.05, 4.69) is 5.32 Å². The number of likely N-dealkylation sites (tertiary alicyclic amines) is 1. The fraction of sp³-hybridized carbons (Fsp3) is 0.333. The molecule has 0 bridgehead atoms. The van der Waals surface area contributed by atoms with Crippen LogP contribution < -0.4 is 10.1 Å². The lowest BCUT2D eigenvalue weighted by atomic mass is 10.1. The van der Waals surface area contributed by atoms with E-state index in [0.717, 1.165) is 6.42 Å². The maximum atomic E-state index is 12.6. The van der Waals surface area contributed by atoms with Gasteiger partial charge >= 0.3 is 0 Å². The van der Waals surface area contributed by atoms with Gasteiger partial charge in [-0.1, -0.05) is 6.07 Å². The number of hydrogen-bond acceptors (Lipinski definition) is 5. The van der Waals surface area contributed by atoms with Crippen molar-refractivity contribution in [3.63, 3.8) is 0 Å². The molecule has 1 aliphatic rings. The molecule has 2 N–H and O–H groups in total. The van der Waals surface area contributed by atoms with Gasteiger partial charge in [0.25, 0.3) is 5.91 Å². The van der Waals surface area contributed by atoms with Gasteiger partial charge < -0.3 is 20.1 Å². The summed E-state index contributed by atoms with van der Waals surface area (Å²) in [4.78, 5) is 27.4. The molecule has 7 heteroatoms. The maximum Gasteiger partial charge on any atom is 0.264 e. The lowest BCUT2D eigenvalue weighted by Gasteiger charge is -2.23. The Bertz CT molecular complexity index is 760. The number of thiophene rings is 1. The first-order chi connectivity index (χ1) is 12.1. The van der Waals surface area contributed by atoms with Crippen LogP contribution in [0.5, 0.6) is 11.5 Å². The van der Waals surface area contributed by atoms with E-state index < -0.39 is 6.04 Å². The van der Waals surface area contributed by atoms with E-state index in [1.165, 1.54) is 17.4 Å². The molecule has 0 radical (unpaired) electrons. The van der Waals surface area contributed by atoms with Crippen LogP contribution in [-0.2, 0) is 11.3 Å². The van der Waals surface area contributed by atoms with Crippen LogP contribution >= 0.6 is 11.3 Å². The highest BCUT2D eigenvalue weighted by Gasteiger charge is 2.34. The molecule has 2 amide bonds. The molecule has 1 aromatic carbocycles. The largest absolute Gasteiger partial charge is 0.508 e. The van der Waals surface area contributed by atoms with Gasteiger partial charge in [0.05, 0.1) is 12.0 Å². The van der Waals surface area contributed by atoms with Crippen molar-refractivity contribution >= 4 is 23.2 Å². The molecule has 0 unspecified atom stereocenters. The predicted octanol–water partition coefficient (Wildman–Crippen LogP) is 2.38. The van der Waals surface area contributed by atoms with Gasteiger partial charge in [0, 0.05) is 18.7 Å². The lowest BCUT2D eigenvalue weighted by molar-refractivity contribution is -0.125. The summed E-state index contributed by atoms with van der Waals surface area (Å²) in [5.41, 5.74) is 0.571. The topological polar surface area (TPSA) is 78.9 Å². The summed E-state index contributed by atoms with van der Waals surface area (Å²) in [6, 6.07) is 7.99. The zero-order chi connectivity index (χ0) is 17.8. The minimum Gasteiger partial charge on any atom is -0.508 e. The number of methoxy groups -OCH3 is 1. The van der Waals surface area contributed by atoms with E-state index in [1.54, 1.807) is 30.2 Å². The normalized spacial score (nSPS) is 16.7. The summed E-state index contributed by atoms with van der Waals surface area (Å²) in [5.74, 6) is 0.401. The third-order valence-corrected chi connectivity index (χ3v) is 5.15. The van der Waals surface area contributed by atoms with Crippen molar-refractivity contribution in [2.45, 2.75) is 25.4 Å². The molecule has 0 spiro atoms. The minimum absolute atomic E-state index is 0.0963. The Morgan fingerprint density at radius 1 is 1.40 bits per heavy atom. The molecule has 0 saturated carbocycles. The number of nitrogens with one attached hydrogen (secondary N) is 1. The third-order valence-electron chi connectivity index (χ3n) is 4.29. The Morgan fingerprint density at radius 3 is 2.96 bits per heavy atom. The van der Waals surface area contributed by atoms with Crippen molar-refractivity contribution in [3.05, 3.63) is 46.2 Å². The van der Waals surface area contributed by atoms with Crippen LogP contribution in [0, 0.1) is 0 Å². The van der Waals surface area contributed by atoms with Crippen molar-refractivity contribution in [3.8, 4) is 11.5 Å². The molecule has 2 aromatic rings. The smallest absolute Gasteiger partial charge is 0.264 e. The number of aromatic hydroxyl groups is 1. The first kappa shape index (κ1) is 17.3. The fourth-order valence-corrected chi connectivity index (χ4v) is 3.63. The van der Waals surface area contributed by atoms with Crippen molar-refractivity contribution in [2.24, 2.45) is 0 Å². The average molecular weight is 360 g/mol. The van der Waals surface area contributed by atoms with Crippen molar-refractivity contribution in [1.29, 1.82) is 0 Å². The number of hydrogen-bond donors (Lipinski definition) is 2. The molecule has 1 fully saturated rings. The van der Waals surface area contributed by atoms with Gasteiger partial charge in [0.15, 0.2) is 0 Å². The Kier molecular flexibility index (Phi) is 5.23. The van der Waals surface area contributed by atoms with Gasteiger partial charge in [0.2, 0.25) is 5.91 Å². The second kappa shape index (κ2) is 7.57. The molecule has 25 heavy (non-hydrogen) atoms. The monoisotopic (exact) mass is 360 g/mol. The van der Waals surface area contributed by atoms with Crippen molar-refractivity contribution < 1.29 is 19.4 Å². The molecule has 1 saturated heterocycles. The summed E-state index contributed by atoms with van der Waals surface area (Å²) < 4.78 is 5.13. The van der Waals surface area contributed by atoms with Gasteiger partial charge in [-0.3, -0.25) is 9.59 Å². The molecular weight excluding hydrogens is 340 g/mol. The maximum absolute atomic E-state index is 12.6. The third kappa shape index (κ3) is 3.76. The molecule has 2 heterocycles. The van der Waals surface area contributed by atoms with E-state index in [4.69, 9.17) is 4.74 Å². The standard InChI is InChI=1S/C18H20N2O4S/c1-24-13-6-7-15(21)12(10-13)11-19-17(22)14-4-2-8-20(14)18(23)16-5-3-9-25-16/h3,5-7,9-10,14,21H,2,4,8,11H2,1H3,(H,19,22)/t14-/m0/s1. The lowest BCUT2D eigenvalue weighted by Crippen LogP contribution is -2.45. The quantitative estimate of drug-likeness (QED) is 0.858. The van der Waals surface area contributed by atoms with Crippen LogP contribution in [0.4, 0.5) is 0 Å². The van der Waals surface area contributed by atoms with E-state index in [9.17, 15) is 14.7 Å². The summed E-state index contributed by atoms with van der Waals surface area (Å²) in [6.07, 6.45) is 1.45. The van der Waals surface area contributed by atoms with Gasteiger partial charge in [-0.2, -0.15) is 0 Å². The van der Waals surface area contributed by atoms with Gasteiger partial charge in [-0.05, 0) is 42.5 Å². The molecule has 132 valence electrons. The minimum atomic E-state index is -0.470. The van der Waals surface area contributed by atoms with Crippen LogP contribution in [0.1, 0.15) is 28.1 Å². The molecule has 1 aromatic heterocycles. The average Bonchev–Trinajstić information content (AvgIpc) is 3.31. The highest BCUT2D eigenvalue weighted by atomic mass is 32.1. The summed E-state index contributed by atoms with van der Waals surface area (Å²) >= 11 is 1.38. The highest BCUT2D eigenvalue weighted by Crippen LogP contribution is 2.24. The van der Waals surface area contributed by atoms with Crippen molar-refractivity contribution in [1.82, 2.24) is 10.2 Å². The second-order valence-corrected chi connectivity index (χ2v) is 6.79. The Morgan fingerprint density at radius 2 is 2.24 bits per heavy atom. The van der Waals surface area contributed by atoms with E-state index in [0.29, 0.717) is 29.2 Å². The summed E-state index contributed by atoms with van der Waals surface area (Å²) in [5, 5.41) is 14.6. The van der Waals surface area contributed by atoms with Gasteiger partial charge in [-0.15, -0.1) is 11.3 Å². The van der Waals surface area contributed by atoms with Crippen LogP contribution in [0.15, 0.2) is 35.7 Å². The van der Waals surface area contributed by atoms with Crippen LogP contribution in [0.3, 0.4) is 0 Å². The number of carbonyl (C=O) groups is 2. The first-order valence-corrected chi connectivity index (χ1v) is 8.96. The number of phenols is 1. The number of nitrogens with zero attached hydrogens (tertiary/aromatic N) is 1. The van der Waals surface area contributed by atoms with Crippen molar-refractivity contribution in [2.75, 3.05) is 13.7 Å². The zero-order valence-electron chi connectivity index (χ0n) is 13.9. The molecule has 1 aliphatic heterocycles. The van der Waals surface area contributed by atoms with Crippen LogP contribution in [0.25, 0.3) is 0 Å². The number of phenolic OH excluding ortho intramolecular Hbond substituents is 1. The molecule has 1 atom stereocenters. The fourth-order valence-electron chi connectivity index (χ4n) is 2.95. The molecule has 3 rings (SSSR count). The number of carbonyl (C=O) groups excluding carboxylic acids is 2. The molecular formula is C18H20N2O4S. The number of amides is 2. The summed E-state index contributed by atoms with van der Waals surface area (Å²) in [6.45, 7) is 0.763. The number of rotatable bonds is 5. The predicted molar refractivity (Wildman–Crippen MR) is 94.9 cm³/mol. The number of benzene rings is 1. The number of ether oxygens (including phenoxy) is 1.